The van der Waals surface area contributed by atoms with Gasteiger partial charge < -0.3 is 19.6 Å². The summed E-state index contributed by atoms with van der Waals surface area (Å²) in [5.74, 6) is -0.487. The zero-order chi connectivity index (χ0) is 14.9. The largest absolute Gasteiger partial charge is 0.481 e. The number of carboxylic acids is 1. The van der Waals surface area contributed by atoms with Crippen molar-refractivity contribution in [3.63, 3.8) is 0 Å². The average Bonchev–Trinajstić information content (AvgIpc) is 2.68. The van der Waals surface area contributed by atoms with Crippen molar-refractivity contribution in [1.29, 1.82) is 0 Å². The minimum atomic E-state index is -0.706. The molecule has 2 aliphatic rings. The van der Waals surface area contributed by atoms with Gasteiger partial charge in [0, 0.05) is 32.7 Å². The minimum Gasteiger partial charge on any atom is -0.481 e. The van der Waals surface area contributed by atoms with Gasteiger partial charge in [0.25, 0.3) is 0 Å². The summed E-state index contributed by atoms with van der Waals surface area (Å²) in [6.45, 7) is 9.19. The standard InChI is InChI=1S/C14H24N2O4/c1-14(2,3)20-13(19)16-5-4-10(7-16)6-15-8-11(9-15)12(17)18/h10-11H,4-9H2,1-3H3,(H,17,18). The van der Waals surface area contributed by atoms with Crippen molar-refractivity contribution < 1.29 is 19.4 Å². The Morgan fingerprint density at radius 1 is 1.25 bits per heavy atom. The van der Waals surface area contributed by atoms with Crippen molar-refractivity contribution in [1.82, 2.24) is 9.80 Å². The average molecular weight is 284 g/mol. The molecule has 1 N–H and O–H groups in total. The maximum atomic E-state index is 11.9. The third kappa shape index (κ3) is 3.85. The first-order valence-electron chi connectivity index (χ1n) is 7.17. The van der Waals surface area contributed by atoms with Crippen molar-refractivity contribution in [3.8, 4) is 0 Å². The van der Waals surface area contributed by atoms with Crippen LogP contribution in [0.15, 0.2) is 0 Å². The molecule has 6 nitrogen and oxygen atoms in total. The summed E-state index contributed by atoms with van der Waals surface area (Å²) < 4.78 is 5.36. The molecule has 6 heteroatoms. The highest BCUT2D eigenvalue weighted by atomic mass is 16.6. The molecule has 2 fully saturated rings. The summed E-state index contributed by atoms with van der Waals surface area (Å²) >= 11 is 0. The normalized spacial score (nSPS) is 24.6. The number of ether oxygens (including phenoxy) is 1. The summed E-state index contributed by atoms with van der Waals surface area (Å²) in [7, 11) is 0. The molecule has 2 saturated heterocycles. The van der Waals surface area contributed by atoms with Crippen LogP contribution < -0.4 is 0 Å². The maximum Gasteiger partial charge on any atom is 0.410 e. The van der Waals surface area contributed by atoms with E-state index in [9.17, 15) is 9.59 Å². The van der Waals surface area contributed by atoms with Crippen molar-refractivity contribution >= 4 is 12.1 Å². The molecular formula is C14H24N2O4. The molecule has 0 aromatic carbocycles. The van der Waals surface area contributed by atoms with Gasteiger partial charge in [-0.25, -0.2) is 4.79 Å². The Hall–Kier alpha value is -1.30. The molecule has 0 radical (unpaired) electrons. The summed E-state index contributed by atoms with van der Waals surface area (Å²) in [4.78, 5) is 26.6. The van der Waals surface area contributed by atoms with Crippen LogP contribution in [0.1, 0.15) is 27.2 Å². The molecule has 0 aromatic heterocycles. The van der Waals surface area contributed by atoms with E-state index in [1.54, 1.807) is 4.90 Å². The van der Waals surface area contributed by atoms with E-state index in [2.05, 4.69) is 4.90 Å². The van der Waals surface area contributed by atoms with Crippen LogP contribution in [-0.4, -0.2) is 65.3 Å². The predicted octanol–water partition coefficient (Wildman–Crippen LogP) is 1.26. The number of aliphatic carboxylic acids is 1. The Kier molecular flexibility index (Phi) is 4.22. The Bertz CT molecular complexity index is 385. The Labute approximate surface area is 119 Å². The number of hydrogen-bond acceptors (Lipinski definition) is 4. The second kappa shape index (κ2) is 5.60. The summed E-state index contributed by atoms with van der Waals surface area (Å²) in [5.41, 5.74) is -0.457. The number of carbonyl (C=O) groups excluding carboxylic acids is 1. The summed E-state index contributed by atoms with van der Waals surface area (Å²) in [6, 6.07) is 0. The smallest absolute Gasteiger partial charge is 0.410 e. The predicted molar refractivity (Wildman–Crippen MR) is 73.5 cm³/mol. The molecule has 0 aromatic rings. The third-order valence-corrected chi connectivity index (χ3v) is 3.76. The molecule has 1 unspecified atom stereocenters. The van der Waals surface area contributed by atoms with Gasteiger partial charge in [0.15, 0.2) is 0 Å². The zero-order valence-corrected chi connectivity index (χ0v) is 12.5. The van der Waals surface area contributed by atoms with Gasteiger partial charge in [0.2, 0.25) is 0 Å². The van der Waals surface area contributed by atoms with Crippen molar-refractivity contribution in [2.24, 2.45) is 11.8 Å². The van der Waals surface area contributed by atoms with Crippen molar-refractivity contribution in [2.45, 2.75) is 32.8 Å². The van der Waals surface area contributed by atoms with Crippen LogP contribution >= 0.6 is 0 Å². The van der Waals surface area contributed by atoms with E-state index in [1.807, 2.05) is 20.8 Å². The van der Waals surface area contributed by atoms with E-state index < -0.39 is 11.6 Å². The van der Waals surface area contributed by atoms with E-state index in [0.29, 0.717) is 25.6 Å². The Morgan fingerprint density at radius 3 is 2.45 bits per heavy atom. The van der Waals surface area contributed by atoms with Gasteiger partial charge in [0.1, 0.15) is 5.60 Å². The maximum absolute atomic E-state index is 11.9. The fraction of sp³-hybridized carbons (Fsp3) is 0.857. The molecule has 0 spiro atoms. The molecule has 2 aliphatic heterocycles. The first kappa shape index (κ1) is 15.1. The van der Waals surface area contributed by atoms with Gasteiger partial charge in [-0.3, -0.25) is 4.79 Å². The van der Waals surface area contributed by atoms with Crippen LogP contribution in [0.2, 0.25) is 0 Å². The first-order valence-corrected chi connectivity index (χ1v) is 7.17. The second-order valence-electron chi connectivity index (χ2n) is 6.83. The molecule has 20 heavy (non-hydrogen) atoms. The van der Waals surface area contributed by atoms with E-state index >= 15 is 0 Å². The number of carboxylic acid groups (broad SMARTS) is 1. The topological polar surface area (TPSA) is 70.1 Å². The molecule has 0 bridgehead atoms. The van der Waals surface area contributed by atoms with Crippen LogP contribution in [0.25, 0.3) is 0 Å². The van der Waals surface area contributed by atoms with E-state index in [1.165, 1.54) is 0 Å². The van der Waals surface area contributed by atoms with Crippen LogP contribution in [0.4, 0.5) is 4.79 Å². The Morgan fingerprint density at radius 2 is 1.90 bits per heavy atom. The van der Waals surface area contributed by atoms with E-state index in [4.69, 9.17) is 9.84 Å². The summed E-state index contributed by atoms with van der Waals surface area (Å²) in [5, 5.41) is 8.84. The molecule has 1 atom stereocenters. The summed E-state index contributed by atoms with van der Waals surface area (Å²) in [6.07, 6.45) is 0.722. The lowest BCUT2D eigenvalue weighted by atomic mass is 9.98. The van der Waals surface area contributed by atoms with Gasteiger partial charge in [-0.2, -0.15) is 0 Å². The number of hydrogen-bond donors (Lipinski definition) is 1. The second-order valence-corrected chi connectivity index (χ2v) is 6.83. The van der Waals surface area contributed by atoms with Crippen molar-refractivity contribution in [3.05, 3.63) is 0 Å². The number of amides is 1. The zero-order valence-electron chi connectivity index (χ0n) is 12.5. The van der Waals surface area contributed by atoms with Crippen LogP contribution in [-0.2, 0) is 9.53 Å². The van der Waals surface area contributed by atoms with E-state index in [0.717, 1.165) is 19.5 Å². The Balaban J connectivity index is 1.71. The van der Waals surface area contributed by atoms with Crippen LogP contribution in [0, 0.1) is 11.8 Å². The number of likely N-dealkylation sites (tertiary alicyclic amines) is 2. The number of rotatable bonds is 3. The van der Waals surface area contributed by atoms with Gasteiger partial charge in [-0.1, -0.05) is 0 Å². The number of carbonyl (C=O) groups is 2. The fourth-order valence-corrected chi connectivity index (χ4v) is 2.71. The van der Waals surface area contributed by atoms with Crippen LogP contribution in [0.5, 0.6) is 0 Å². The molecule has 1 amide bonds. The van der Waals surface area contributed by atoms with Gasteiger partial charge in [-0.05, 0) is 33.1 Å². The quantitative estimate of drug-likeness (QED) is 0.845. The van der Waals surface area contributed by atoms with Crippen molar-refractivity contribution in [2.75, 3.05) is 32.7 Å². The SMILES string of the molecule is CC(C)(C)OC(=O)N1CCC(CN2CC(C(=O)O)C2)C1. The molecule has 2 heterocycles. The highest BCUT2D eigenvalue weighted by Crippen LogP contribution is 2.24. The third-order valence-electron chi connectivity index (χ3n) is 3.76. The lowest BCUT2D eigenvalue weighted by Crippen LogP contribution is -2.52. The lowest BCUT2D eigenvalue weighted by Gasteiger charge is -2.38. The lowest BCUT2D eigenvalue weighted by molar-refractivity contribution is -0.147. The van der Waals surface area contributed by atoms with Gasteiger partial charge in [0.05, 0.1) is 5.92 Å². The monoisotopic (exact) mass is 284 g/mol. The highest BCUT2D eigenvalue weighted by molar-refractivity contribution is 5.71. The molecule has 114 valence electrons. The number of nitrogens with zero attached hydrogens (tertiary/aromatic N) is 2. The fourth-order valence-electron chi connectivity index (χ4n) is 2.71. The van der Waals surface area contributed by atoms with Gasteiger partial charge >= 0.3 is 12.1 Å². The molecule has 2 rings (SSSR count). The van der Waals surface area contributed by atoms with E-state index in [-0.39, 0.29) is 12.0 Å². The molecule has 0 saturated carbocycles. The molecular weight excluding hydrogens is 260 g/mol. The minimum absolute atomic E-state index is 0.210. The molecule has 0 aliphatic carbocycles. The first-order chi connectivity index (χ1) is 9.24. The highest BCUT2D eigenvalue weighted by Gasteiger charge is 2.36. The van der Waals surface area contributed by atoms with Gasteiger partial charge in [-0.15, -0.1) is 0 Å². The van der Waals surface area contributed by atoms with Crippen LogP contribution in [0.3, 0.4) is 0 Å².